The third-order valence-corrected chi connectivity index (χ3v) is 35.1. The Kier molecular flexibility index (Phi) is 19.7. The van der Waals surface area contributed by atoms with E-state index in [9.17, 15) is 0 Å². The van der Waals surface area contributed by atoms with Gasteiger partial charge >= 0.3 is 512 Å². The molecule has 4 nitrogen and oxygen atoms in total. The molecule has 0 heterocycles. The quantitative estimate of drug-likeness (QED) is 0.0531. The van der Waals surface area contributed by atoms with Crippen LogP contribution in [0.4, 0.5) is 39.5 Å². The van der Waals surface area contributed by atoms with Gasteiger partial charge in [-0.05, 0) is 0 Å². The van der Waals surface area contributed by atoms with E-state index in [2.05, 4.69) is 0 Å². The van der Waals surface area contributed by atoms with Crippen LogP contribution >= 0.6 is 30.9 Å². The van der Waals surface area contributed by atoms with Crippen molar-refractivity contribution in [3.05, 3.63) is 268 Å². The number of hydrogen-bond donors (Lipinski definition) is 0. The van der Waals surface area contributed by atoms with Gasteiger partial charge in [-0.1, -0.05) is 0 Å². The molecule has 9 aromatic carbocycles. The van der Waals surface area contributed by atoms with Gasteiger partial charge in [0, 0.05) is 0 Å². The molecule has 452 valence electrons. The second-order valence-corrected chi connectivity index (χ2v) is 34.8. The van der Waals surface area contributed by atoms with E-state index < -0.39 is 86.2 Å². The van der Waals surface area contributed by atoms with Gasteiger partial charge in [0.15, 0.2) is 0 Å². The van der Waals surface area contributed by atoms with Crippen molar-refractivity contribution in [2.45, 2.75) is 143 Å². The second kappa shape index (κ2) is 26.3. The summed E-state index contributed by atoms with van der Waals surface area (Å²) in [5, 5.41) is 0. The van der Waals surface area contributed by atoms with Crippen LogP contribution in [-0.2, 0) is 67.5 Å². The van der Waals surface area contributed by atoms with Crippen LogP contribution in [0.5, 0.6) is 0 Å². The second-order valence-electron chi connectivity index (χ2n) is 20.4. The fourth-order valence-electron chi connectivity index (χ4n) is 10.1. The number of halogens is 9. The summed E-state index contributed by atoms with van der Waals surface area (Å²) in [6.07, 6.45) is -11.5. The van der Waals surface area contributed by atoms with E-state index in [4.69, 9.17) is 7.38 Å². The standard InChI is InChI=1S/3C23H23F3OS.O.Sb/c3*1-3-17-8-12-20(13-9-17)28(27,21-14-10-18(4-2)11-15-21)22-7-5-6-19(16-22)23(24,25)26;;/h3*5-16,27H,3-4H2,1-2H3;;/q;;;;+3/p-3. The molecule has 0 atom stereocenters. The number of aryl methyl sites for hydroxylation is 6. The first-order chi connectivity index (χ1) is 41.0. The van der Waals surface area contributed by atoms with Crippen LogP contribution in [0.15, 0.2) is 262 Å². The van der Waals surface area contributed by atoms with Gasteiger partial charge in [0.2, 0.25) is 0 Å². The summed E-state index contributed by atoms with van der Waals surface area (Å²) in [5.74, 6) is 0. The SMILES string of the molecule is CCc1ccc(S([O][Sb](=[O])([O]S(c2ccc(CC)cc2)(c2ccc(CC)cc2)c2cccc(C(F)(F)F)c2)[O]S(c2ccc(CC)cc2)(c2ccc(CC)cc2)c2cccc(C(F)(F)F)c2)(c2ccc(CC)cc2)c2cccc(C(F)(F)F)c2)cc1. The molecule has 0 aliphatic heterocycles. The van der Waals surface area contributed by atoms with Crippen molar-refractivity contribution in [1.82, 2.24) is 0 Å². The van der Waals surface area contributed by atoms with Gasteiger partial charge in [0.05, 0.1) is 0 Å². The molecule has 0 fully saturated rings. The van der Waals surface area contributed by atoms with Gasteiger partial charge in [-0.2, -0.15) is 0 Å². The van der Waals surface area contributed by atoms with E-state index in [0.717, 1.165) is 69.8 Å². The van der Waals surface area contributed by atoms with E-state index >= 15 is 42.5 Å². The summed E-state index contributed by atoms with van der Waals surface area (Å²) in [6.45, 7) is 11.6. The molecule has 0 spiro atoms. The van der Waals surface area contributed by atoms with Gasteiger partial charge in [0.25, 0.3) is 0 Å². The molecule has 86 heavy (non-hydrogen) atoms. The predicted octanol–water partition coefficient (Wildman–Crippen LogP) is 22.0. The van der Waals surface area contributed by atoms with Crippen molar-refractivity contribution in [3.63, 3.8) is 0 Å². The van der Waals surface area contributed by atoms with Gasteiger partial charge in [-0.15, -0.1) is 0 Å². The van der Waals surface area contributed by atoms with E-state index in [1.807, 2.05) is 41.5 Å². The predicted molar refractivity (Wildman–Crippen MR) is 326 cm³/mol. The Bertz CT molecular complexity index is 3260. The molecule has 0 N–H and O–H groups in total. The van der Waals surface area contributed by atoms with Crippen molar-refractivity contribution in [1.29, 1.82) is 0 Å². The third-order valence-electron chi connectivity index (χ3n) is 15.1. The summed E-state index contributed by atoms with van der Waals surface area (Å²) >= 11 is -7.75. The maximum atomic E-state index is 18.8. The van der Waals surface area contributed by atoms with Crippen LogP contribution < -0.4 is 0 Å². The van der Waals surface area contributed by atoms with Crippen LogP contribution in [0, 0.1) is 0 Å². The normalized spacial score (nSPS) is 13.4. The molecule has 0 saturated carbocycles. The van der Waals surface area contributed by atoms with Crippen LogP contribution in [0.3, 0.4) is 0 Å². The molecule has 0 aromatic heterocycles. The Hall–Kier alpha value is -6.10. The molecule has 0 amide bonds. The number of alkyl halides is 9. The molecule has 9 aromatic rings. The zero-order valence-corrected chi connectivity index (χ0v) is 53.2. The van der Waals surface area contributed by atoms with E-state index in [-0.39, 0.29) is 44.1 Å². The third kappa shape index (κ3) is 13.3. The Morgan fingerprint density at radius 1 is 0.279 bits per heavy atom. The Labute approximate surface area is 508 Å². The Balaban J connectivity index is 1.53. The van der Waals surface area contributed by atoms with Crippen molar-refractivity contribution in [2.24, 2.45) is 0 Å². The van der Waals surface area contributed by atoms with Crippen LogP contribution in [0.25, 0.3) is 0 Å². The summed E-state index contributed by atoms with van der Waals surface area (Å²) in [5.41, 5.74) is 1.73. The minimum atomic E-state index is -7.75. The summed E-state index contributed by atoms with van der Waals surface area (Å²) in [6, 6.07) is 55.1. The minimum absolute atomic E-state index is 0.110. The van der Waals surface area contributed by atoms with Gasteiger partial charge in [-0.25, -0.2) is 0 Å². The topological polar surface area (TPSA) is 44.8 Å². The summed E-state index contributed by atoms with van der Waals surface area (Å²) < 4.78 is 181. The molecule has 0 aliphatic carbocycles. The molecule has 17 heteroatoms. The molecule has 0 saturated heterocycles. The molecule has 0 aliphatic rings. The van der Waals surface area contributed by atoms with Crippen LogP contribution in [-0.4, -0.2) is 20.1 Å². The molecule has 0 bridgehead atoms. The Morgan fingerprint density at radius 3 is 0.605 bits per heavy atom. The molecule has 0 radical (unpaired) electrons. The van der Waals surface area contributed by atoms with E-state index in [1.54, 1.807) is 146 Å². The monoisotopic (exact) mass is 1350 g/mol. The van der Waals surface area contributed by atoms with Crippen molar-refractivity contribution in [3.8, 4) is 0 Å². The van der Waals surface area contributed by atoms with Crippen molar-refractivity contribution < 1.29 is 49.9 Å². The summed E-state index contributed by atoms with van der Waals surface area (Å²) in [4.78, 5) is 1.08. The molecular weight excluding hydrogens is 1280 g/mol. The zero-order valence-electron chi connectivity index (χ0n) is 48.2. The average Bonchev–Trinajstić information content (AvgIpc) is 0.794. The average molecular weight is 1350 g/mol. The fourth-order valence-corrected chi connectivity index (χ4v) is 34.8. The van der Waals surface area contributed by atoms with Gasteiger partial charge < -0.3 is 0 Å². The van der Waals surface area contributed by atoms with Crippen LogP contribution in [0.1, 0.15) is 91.6 Å². The number of benzene rings is 9. The van der Waals surface area contributed by atoms with E-state index in [0.29, 0.717) is 38.5 Å². The number of hydrogen-bond acceptors (Lipinski definition) is 4. The number of rotatable bonds is 21. The first kappa shape index (κ1) is 64.4. The molecule has 0 unspecified atom stereocenters. The van der Waals surface area contributed by atoms with Crippen molar-refractivity contribution in [2.75, 3.05) is 0 Å². The molecular formula is C69H66F9O4S3Sb. The first-order valence-corrected chi connectivity index (χ1v) is 37.1. The van der Waals surface area contributed by atoms with Gasteiger partial charge in [-0.3, -0.25) is 0 Å². The van der Waals surface area contributed by atoms with E-state index in [1.165, 1.54) is 36.4 Å². The summed E-state index contributed by atoms with van der Waals surface area (Å²) in [7, 11) is -11.9. The fraction of sp³-hybridized carbons (Fsp3) is 0.217. The van der Waals surface area contributed by atoms with Gasteiger partial charge in [0.1, 0.15) is 0 Å². The van der Waals surface area contributed by atoms with Crippen LogP contribution in [0.2, 0.25) is 0 Å². The maximum absolute atomic E-state index is 18.8. The van der Waals surface area contributed by atoms with Crippen molar-refractivity contribution >= 4 is 51.0 Å². The zero-order chi connectivity index (χ0) is 61.7. The molecule has 9 rings (SSSR count). The first-order valence-electron chi connectivity index (χ1n) is 28.3. The Morgan fingerprint density at radius 2 is 0.453 bits per heavy atom.